The van der Waals surface area contributed by atoms with Crippen molar-refractivity contribution in [2.45, 2.75) is 40.2 Å². The van der Waals surface area contributed by atoms with Gasteiger partial charge in [0.2, 0.25) is 5.91 Å². The monoisotopic (exact) mass is 287 g/mol. The number of carboxylic acid groups (broad SMARTS) is 1. The Morgan fingerprint density at radius 2 is 1.70 bits per heavy atom. The van der Waals surface area contributed by atoms with E-state index in [0.29, 0.717) is 6.42 Å². The molecule has 0 aromatic rings. The summed E-state index contributed by atoms with van der Waals surface area (Å²) in [6.07, 6.45) is 0.439. The van der Waals surface area contributed by atoms with E-state index in [9.17, 15) is 14.4 Å². The lowest BCUT2D eigenvalue weighted by Gasteiger charge is -2.21. The molecule has 2 atom stereocenters. The van der Waals surface area contributed by atoms with Gasteiger partial charge in [0.05, 0.1) is 5.92 Å². The molecule has 0 spiro atoms. The van der Waals surface area contributed by atoms with Gasteiger partial charge in [0.15, 0.2) is 0 Å². The number of carboxylic acids is 1. The van der Waals surface area contributed by atoms with E-state index in [1.165, 1.54) is 0 Å². The number of rotatable bonds is 8. The predicted molar refractivity (Wildman–Crippen MR) is 74.9 cm³/mol. The second-order valence-corrected chi connectivity index (χ2v) is 5.62. The van der Waals surface area contributed by atoms with Crippen LogP contribution in [-0.4, -0.2) is 35.6 Å². The molecule has 0 heterocycles. The summed E-state index contributed by atoms with van der Waals surface area (Å²) in [5, 5.41) is 14.0. The highest BCUT2D eigenvalue weighted by atomic mass is 16.4. The van der Waals surface area contributed by atoms with Crippen molar-refractivity contribution in [2.24, 2.45) is 23.5 Å². The van der Waals surface area contributed by atoms with Gasteiger partial charge >= 0.3 is 12.0 Å². The Balaban J connectivity index is 4.58. The Labute approximate surface area is 119 Å². The molecule has 20 heavy (non-hydrogen) atoms. The fraction of sp³-hybridized carbons (Fsp3) is 0.769. The van der Waals surface area contributed by atoms with Crippen molar-refractivity contribution in [3.63, 3.8) is 0 Å². The molecule has 0 radical (unpaired) electrons. The highest BCUT2D eigenvalue weighted by Crippen LogP contribution is 2.10. The molecule has 0 aliphatic carbocycles. The SMILES string of the molecule is CC(C)CC(NC(N)=O)C(=O)NCC(C(=O)O)C(C)C. The predicted octanol–water partition coefficient (Wildman–Crippen LogP) is 0.542. The molecule has 2 unspecified atom stereocenters. The van der Waals surface area contributed by atoms with Gasteiger partial charge in [-0.2, -0.15) is 0 Å². The topological polar surface area (TPSA) is 122 Å². The maximum absolute atomic E-state index is 12.0. The zero-order valence-corrected chi connectivity index (χ0v) is 12.5. The molecule has 0 fully saturated rings. The summed E-state index contributed by atoms with van der Waals surface area (Å²) in [7, 11) is 0. The van der Waals surface area contributed by atoms with E-state index in [1.54, 1.807) is 13.8 Å². The quantitative estimate of drug-likeness (QED) is 0.520. The van der Waals surface area contributed by atoms with Crippen LogP contribution in [-0.2, 0) is 9.59 Å². The van der Waals surface area contributed by atoms with Crippen molar-refractivity contribution in [1.82, 2.24) is 10.6 Å². The Kier molecular flexibility index (Phi) is 7.64. The molecule has 0 aromatic carbocycles. The van der Waals surface area contributed by atoms with Gasteiger partial charge in [-0.15, -0.1) is 0 Å². The zero-order chi connectivity index (χ0) is 15.9. The van der Waals surface area contributed by atoms with E-state index in [0.717, 1.165) is 0 Å². The van der Waals surface area contributed by atoms with Gasteiger partial charge in [-0.25, -0.2) is 4.79 Å². The molecular weight excluding hydrogens is 262 g/mol. The van der Waals surface area contributed by atoms with E-state index in [4.69, 9.17) is 10.8 Å². The van der Waals surface area contributed by atoms with Crippen LogP contribution in [0.1, 0.15) is 34.1 Å². The van der Waals surface area contributed by atoms with Crippen LogP contribution in [0.3, 0.4) is 0 Å². The molecule has 5 N–H and O–H groups in total. The number of nitrogens with two attached hydrogens (primary N) is 1. The second kappa shape index (κ2) is 8.39. The maximum atomic E-state index is 12.0. The van der Waals surface area contributed by atoms with Crippen molar-refractivity contribution in [3.8, 4) is 0 Å². The highest BCUT2D eigenvalue weighted by molar-refractivity contribution is 5.86. The summed E-state index contributed by atoms with van der Waals surface area (Å²) in [4.78, 5) is 33.9. The van der Waals surface area contributed by atoms with Gasteiger partial charge in [0, 0.05) is 6.54 Å². The third-order valence-corrected chi connectivity index (χ3v) is 2.96. The summed E-state index contributed by atoms with van der Waals surface area (Å²) in [5.74, 6) is -1.93. The molecule has 0 aliphatic rings. The first-order chi connectivity index (χ1) is 9.15. The average molecular weight is 287 g/mol. The first-order valence-electron chi connectivity index (χ1n) is 6.71. The number of amides is 3. The highest BCUT2D eigenvalue weighted by Gasteiger charge is 2.25. The minimum Gasteiger partial charge on any atom is -0.481 e. The van der Waals surface area contributed by atoms with Crippen LogP contribution < -0.4 is 16.4 Å². The van der Waals surface area contributed by atoms with Gasteiger partial charge in [0.25, 0.3) is 0 Å². The number of carbonyl (C=O) groups is 3. The minimum absolute atomic E-state index is 0.0286. The molecule has 7 heteroatoms. The van der Waals surface area contributed by atoms with Crippen LogP contribution in [0.5, 0.6) is 0 Å². The molecule has 116 valence electrons. The summed E-state index contributed by atoms with van der Waals surface area (Å²) < 4.78 is 0. The van der Waals surface area contributed by atoms with Gasteiger partial charge in [0.1, 0.15) is 6.04 Å². The third-order valence-electron chi connectivity index (χ3n) is 2.96. The van der Waals surface area contributed by atoms with Crippen LogP contribution in [0.4, 0.5) is 4.79 Å². The van der Waals surface area contributed by atoms with Crippen LogP contribution in [0.2, 0.25) is 0 Å². The molecule has 0 bridgehead atoms. The number of carbonyl (C=O) groups excluding carboxylic acids is 2. The summed E-state index contributed by atoms with van der Waals surface area (Å²) in [6, 6.07) is -1.52. The zero-order valence-electron chi connectivity index (χ0n) is 12.5. The Morgan fingerprint density at radius 1 is 1.15 bits per heavy atom. The molecule has 7 nitrogen and oxygen atoms in total. The molecule has 3 amide bonds. The lowest BCUT2D eigenvalue weighted by atomic mass is 9.95. The molecule has 0 saturated heterocycles. The first kappa shape index (κ1) is 18.2. The summed E-state index contributed by atoms with van der Waals surface area (Å²) in [6.45, 7) is 7.41. The first-order valence-corrected chi connectivity index (χ1v) is 6.71. The lowest BCUT2D eigenvalue weighted by Crippen LogP contribution is -2.50. The van der Waals surface area contributed by atoms with Crippen LogP contribution >= 0.6 is 0 Å². The van der Waals surface area contributed by atoms with Crippen molar-refractivity contribution in [1.29, 1.82) is 0 Å². The normalized spacial score (nSPS) is 13.9. The molecular formula is C13H25N3O4. The number of aliphatic carboxylic acids is 1. The number of nitrogens with one attached hydrogen (secondary N) is 2. The van der Waals surface area contributed by atoms with Crippen molar-refractivity contribution < 1.29 is 19.5 Å². The summed E-state index contributed by atoms with van der Waals surface area (Å²) in [5.41, 5.74) is 5.04. The fourth-order valence-corrected chi connectivity index (χ4v) is 1.82. The van der Waals surface area contributed by atoms with Gasteiger partial charge in [-0.05, 0) is 18.3 Å². The van der Waals surface area contributed by atoms with Gasteiger partial charge < -0.3 is 21.5 Å². The Hall–Kier alpha value is -1.79. The molecule has 0 aliphatic heterocycles. The number of urea groups is 1. The van der Waals surface area contributed by atoms with E-state index >= 15 is 0 Å². The fourth-order valence-electron chi connectivity index (χ4n) is 1.82. The van der Waals surface area contributed by atoms with Crippen LogP contribution in [0.15, 0.2) is 0 Å². The number of hydrogen-bond acceptors (Lipinski definition) is 3. The Morgan fingerprint density at radius 3 is 2.05 bits per heavy atom. The molecule has 0 saturated carbocycles. The van der Waals surface area contributed by atoms with E-state index in [1.807, 2.05) is 13.8 Å². The largest absolute Gasteiger partial charge is 0.481 e. The summed E-state index contributed by atoms with van der Waals surface area (Å²) >= 11 is 0. The van der Waals surface area contributed by atoms with Crippen LogP contribution in [0.25, 0.3) is 0 Å². The smallest absolute Gasteiger partial charge is 0.312 e. The second-order valence-electron chi connectivity index (χ2n) is 5.62. The average Bonchev–Trinajstić information content (AvgIpc) is 2.25. The van der Waals surface area contributed by atoms with E-state index in [-0.39, 0.29) is 18.4 Å². The minimum atomic E-state index is -0.955. The van der Waals surface area contributed by atoms with Crippen molar-refractivity contribution in [2.75, 3.05) is 6.54 Å². The van der Waals surface area contributed by atoms with E-state index in [2.05, 4.69) is 10.6 Å². The van der Waals surface area contributed by atoms with Gasteiger partial charge in [-0.3, -0.25) is 9.59 Å². The third kappa shape index (κ3) is 6.96. The van der Waals surface area contributed by atoms with Crippen molar-refractivity contribution in [3.05, 3.63) is 0 Å². The standard InChI is InChI=1S/C13H25N3O4/c1-7(2)5-10(16-13(14)20)11(17)15-6-9(8(3)4)12(18)19/h7-10H,5-6H2,1-4H3,(H,15,17)(H,18,19)(H3,14,16,20). The maximum Gasteiger partial charge on any atom is 0.312 e. The number of primary amides is 1. The lowest BCUT2D eigenvalue weighted by molar-refractivity contribution is -0.143. The molecule has 0 rings (SSSR count). The molecule has 0 aromatic heterocycles. The van der Waals surface area contributed by atoms with E-state index < -0.39 is 29.9 Å². The van der Waals surface area contributed by atoms with Crippen molar-refractivity contribution >= 4 is 17.9 Å². The van der Waals surface area contributed by atoms with Gasteiger partial charge in [-0.1, -0.05) is 27.7 Å². The van der Waals surface area contributed by atoms with Crippen LogP contribution in [0, 0.1) is 17.8 Å². The Bertz CT molecular complexity index is 356. The number of hydrogen-bond donors (Lipinski definition) is 4.